The number of rotatable bonds is 5. The first-order valence-electron chi connectivity index (χ1n) is 6.82. The van der Waals surface area contributed by atoms with E-state index in [1.54, 1.807) is 11.8 Å². The zero-order chi connectivity index (χ0) is 14.8. The van der Waals surface area contributed by atoms with E-state index in [9.17, 15) is 0 Å². The number of aromatic nitrogens is 2. The lowest BCUT2D eigenvalue weighted by Gasteiger charge is -2.11. The number of thioether (sulfide) groups is 1. The van der Waals surface area contributed by atoms with Crippen LogP contribution in [-0.4, -0.2) is 22.9 Å². The highest BCUT2D eigenvalue weighted by molar-refractivity contribution is 8.00. The second-order valence-corrected chi connectivity index (χ2v) is 7.06. The van der Waals surface area contributed by atoms with E-state index in [0.29, 0.717) is 11.7 Å². The van der Waals surface area contributed by atoms with E-state index in [1.807, 2.05) is 6.92 Å². The SMILES string of the molecule is CCOc1cc2c(cc1CSc1nnc(N)s1)OC(C)C2. The summed E-state index contributed by atoms with van der Waals surface area (Å²) in [6.45, 7) is 4.73. The van der Waals surface area contributed by atoms with Crippen molar-refractivity contribution < 1.29 is 9.47 Å². The van der Waals surface area contributed by atoms with Gasteiger partial charge in [0.2, 0.25) is 5.13 Å². The van der Waals surface area contributed by atoms with Crippen molar-refractivity contribution in [1.82, 2.24) is 10.2 Å². The van der Waals surface area contributed by atoms with Gasteiger partial charge in [0.05, 0.1) is 6.61 Å². The van der Waals surface area contributed by atoms with Crippen LogP contribution in [-0.2, 0) is 12.2 Å². The number of hydrogen-bond acceptors (Lipinski definition) is 7. The minimum Gasteiger partial charge on any atom is -0.494 e. The molecule has 2 heterocycles. The van der Waals surface area contributed by atoms with Crippen molar-refractivity contribution in [1.29, 1.82) is 0 Å². The Morgan fingerprint density at radius 3 is 3.05 bits per heavy atom. The first-order chi connectivity index (χ1) is 10.2. The quantitative estimate of drug-likeness (QED) is 0.853. The van der Waals surface area contributed by atoms with Gasteiger partial charge in [-0.1, -0.05) is 23.1 Å². The topological polar surface area (TPSA) is 70.3 Å². The Kier molecular flexibility index (Phi) is 4.21. The smallest absolute Gasteiger partial charge is 0.203 e. The van der Waals surface area contributed by atoms with Crippen molar-refractivity contribution in [3.63, 3.8) is 0 Å². The van der Waals surface area contributed by atoms with Crippen molar-refractivity contribution in [2.75, 3.05) is 12.3 Å². The van der Waals surface area contributed by atoms with Gasteiger partial charge in [0.1, 0.15) is 17.6 Å². The van der Waals surface area contributed by atoms with Gasteiger partial charge in [-0.05, 0) is 26.0 Å². The van der Waals surface area contributed by atoms with Crippen LogP contribution in [0.15, 0.2) is 16.5 Å². The van der Waals surface area contributed by atoms with Crippen LogP contribution in [0, 0.1) is 0 Å². The molecule has 5 nitrogen and oxygen atoms in total. The summed E-state index contributed by atoms with van der Waals surface area (Å²) in [7, 11) is 0. The normalized spacial score (nSPS) is 16.6. The van der Waals surface area contributed by atoms with E-state index < -0.39 is 0 Å². The van der Waals surface area contributed by atoms with E-state index >= 15 is 0 Å². The molecule has 1 unspecified atom stereocenters. The molecule has 0 amide bonds. The first kappa shape index (κ1) is 14.5. The maximum atomic E-state index is 5.83. The number of anilines is 1. The Morgan fingerprint density at radius 2 is 2.33 bits per heavy atom. The molecule has 0 spiro atoms. The lowest BCUT2D eigenvalue weighted by atomic mass is 10.1. The lowest BCUT2D eigenvalue weighted by Crippen LogP contribution is -2.05. The number of benzene rings is 1. The second-order valence-electron chi connectivity index (χ2n) is 4.83. The predicted molar refractivity (Wildman–Crippen MR) is 85.3 cm³/mol. The molecular weight excluding hydrogens is 306 g/mol. The molecule has 1 aliphatic rings. The van der Waals surface area contributed by atoms with Crippen LogP contribution in [0.3, 0.4) is 0 Å². The lowest BCUT2D eigenvalue weighted by molar-refractivity contribution is 0.254. The third-order valence-electron chi connectivity index (χ3n) is 3.15. The molecule has 112 valence electrons. The van der Waals surface area contributed by atoms with Crippen molar-refractivity contribution in [2.24, 2.45) is 0 Å². The summed E-state index contributed by atoms with van der Waals surface area (Å²) in [5.74, 6) is 2.66. The van der Waals surface area contributed by atoms with Gasteiger partial charge in [-0.3, -0.25) is 0 Å². The van der Waals surface area contributed by atoms with Crippen LogP contribution < -0.4 is 15.2 Å². The largest absolute Gasteiger partial charge is 0.494 e. The van der Waals surface area contributed by atoms with E-state index in [1.165, 1.54) is 16.9 Å². The first-order valence-corrected chi connectivity index (χ1v) is 8.63. The molecule has 0 aliphatic carbocycles. The Bertz CT molecular complexity index is 645. The van der Waals surface area contributed by atoms with Crippen LogP contribution in [0.2, 0.25) is 0 Å². The summed E-state index contributed by atoms with van der Waals surface area (Å²) in [6, 6.07) is 4.19. The van der Waals surface area contributed by atoms with Crippen LogP contribution >= 0.6 is 23.1 Å². The average Bonchev–Trinajstić information content (AvgIpc) is 3.01. The minimum atomic E-state index is 0.236. The summed E-state index contributed by atoms with van der Waals surface area (Å²) in [6.07, 6.45) is 1.18. The molecule has 1 aromatic carbocycles. The number of nitrogens with zero attached hydrogens (tertiary/aromatic N) is 2. The van der Waals surface area contributed by atoms with Crippen molar-refractivity contribution in [2.45, 2.75) is 36.5 Å². The molecule has 0 radical (unpaired) electrons. The predicted octanol–water partition coefficient (Wildman–Crippen LogP) is 3.13. The highest BCUT2D eigenvalue weighted by Crippen LogP contribution is 2.38. The summed E-state index contributed by atoms with van der Waals surface area (Å²) in [5.41, 5.74) is 7.94. The molecule has 2 N–H and O–H groups in total. The highest BCUT2D eigenvalue weighted by Gasteiger charge is 2.22. The molecule has 1 aliphatic heterocycles. The van der Waals surface area contributed by atoms with Gasteiger partial charge in [-0.2, -0.15) is 0 Å². The molecule has 2 aromatic rings. The van der Waals surface area contributed by atoms with Gasteiger partial charge in [-0.15, -0.1) is 10.2 Å². The van der Waals surface area contributed by atoms with Gasteiger partial charge in [0.25, 0.3) is 0 Å². The number of nitrogens with two attached hydrogens (primary N) is 1. The van der Waals surface area contributed by atoms with Gasteiger partial charge in [-0.25, -0.2) is 0 Å². The zero-order valence-electron chi connectivity index (χ0n) is 12.0. The molecule has 0 saturated heterocycles. The Hall–Kier alpha value is -1.47. The molecule has 0 fully saturated rings. The second kappa shape index (κ2) is 6.11. The molecule has 1 atom stereocenters. The van der Waals surface area contributed by atoms with Gasteiger partial charge in [0, 0.05) is 23.3 Å². The Balaban J connectivity index is 1.81. The van der Waals surface area contributed by atoms with Gasteiger partial charge >= 0.3 is 0 Å². The summed E-state index contributed by atoms with van der Waals surface area (Å²) >= 11 is 3.01. The van der Waals surface area contributed by atoms with E-state index in [2.05, 4.69) is 29.3 Å². The molecule has 7 heteroatoms. The van der Waals surface area contributed by atoms with Crippen molar-refractivity contribution in [3.05, 3.63) is 23.3 Å². The number of nitrogen functional groups attached to an aromatic ring is 1. The van der Waals surface area contributed by atoms with E-state index in [-0.39, 0.29) is 6.10 Å². The molecule has 1 aromatic heterocycles. The fourth-order valence-corrected chi connectivity index (χ4v) is 3.92. The van der Waals surface area contributed by atoms with Crippen LogP contribution in [0.4, 0.5) is 5.13 Å². The minimum absolute atomic E-state index is 0.236. The van der Waals surface area contributed by atoms with Gasteiger partial charge in [0.15, 0.2) is 4.34 Å². The third-order valence-corrected chi connectivity index (χ3v) is 5.09. The fraction of sp³-hybridized carbons (Fsp3) is 0.429. The number of fused-ring (bicyclic) bond motifs is 1. The monoisotopic (exact) mass is 323 g/mol. The van der Waals surface area contributed by atoms with E-state index in [0.717, 1.165) is 33.6 Å². The Labute approximate surface area is 131 Å². The van der Waals surface area contributed by atoms with Gasteiger partial charge < -0.3 is 15.2 Å². The van der Waals surface area contributed by atoms with Crippen LogP contribution in [0.1, 0.15) is 25.0 Å². The number of ether oxygens (including phenoxy) is 2. The average molecular weight is 323 g/mol. The molecule has 3 rings (SSSR count). The van der Waals surface area contributed by atoms with Crippen LogP contribution in [0.5, 0.6) is 11.5 Å². The Morgan fingerprint density at radius 1 is 1.48 bits per heavy atom. The third kappa shape index (κ3) is 3.24. The summed E-state index contributed by atoms with van der Waals surface area (Å²) < 4.78 is 12.5. The molecule has 21 heavy (non-hydrogen) atoms. The molecular formula is C14H17N3O2S2. The van der Waals surface area contributed by atoms with E-state index in [4.69, 9.17) is 15.2 Å². The highest BCUT2D eigenvalue weighted by atomic mass is 32.2. The fourth-order valence-electron chi connectivity index (χ4n) is 2.30. The van der Waals surface area contributed by atoms with Crippen LogP contribution in [0.25, 0.3) is 0 Å². The summed E-state index contributed by atoms with van der Waals surface area (Å²) in [5, 5.41) is 8.34. The zero-order valence-corrected chi connectivity index (χ0v) is 13.6. The molecule has 0 bridgehead atoms. The summed E-state index contributed by atoms with van der Waals surface area (Å²) in [4.78, 5) is 0. The van der Waals surface area contributed by atoms with Crippen molar-refractivity contribution in [3.8, 4) is 11.5 Å². The maximum absolute atomic E-state index is 5.83. The number of hydrogen-bond donors (Lipinski definition) is 1. The standard InChI is InChI=1S/C14H17N3O2S2/c1-3-18-11-5-9-4-8(2)19-12(9)6-10(11)7-20-14-17-16-13(15)21-14/h5-6,8H,3-4,7H2,1-2H3,(H2,15,16). The molecule has 0 saturated carbocycles. The van der Waals surface area contributed by atoms with Crippen molar-refractivity contribution >= 4 is 28.2 Å². The maximum Gasteiger partial charge on any atom is 0.203 e.